The van der Waals surface area contributed by atoms with E-state index in [0.717, 1.165) is 15.8 Å². The molecule has 0 fully saturated rings. The van der Waals surface area contributed by atoms with E-state index in [1.807, 2.05) is 48.5 Å². The second-order valence-corrected chi connectivity index (χ2v) is 6.88. The lowest BCUT2D eigenvalue weighted by molar-refractivity contribution is 0.306. The summed E-state index contributed by atoms with van der Waals surface area (Å²) in [7, 11) is 1.62. The van der Waals surface area contributed by atoms with Crippen molar-refractivity contribution in [1.82, 2.24) is 4.98 Å². The monoisotopic (exact) mass is 424 g/mol. The molecule has 1 N–H and O–H groups in total. The number of nitrogens with one attached hydrogen (secondary N) is 1. The molecule has 3 aromatic rings. The minimum atomic E-state index is -0.411. The van der Waals surface area contributed by atoms with E-state index in [2.05, 4.69) is 20.9 Å². The Kier molecular flexibility index (Phi) is 5.63. The topological polar surface area (TPSA) is 75.1 Å². The van der Waals surface area contributed by atoms with Crippen LogP contribution in [-0.2, 0) is 6.61 Å². The molecule has 0 saturated carbocycles. The van der Waals surface area contributed by atoms with Gasteiger partial charge in [0.05, 0.1) is 7.11 Å². The molecule has 0 aliphatic carbocycles. The molecule has 0 radical (unpaired) electrons. The summed E-state index contributed by atoms with van der Waals surface area (Å²) in [5, 5.41) is 9.44. The average molecular weight is 425 g/mol. The molecule has 1 aromatic heterocycles. The molecule has 0 spiro atoms. The third-order valence-electron chi connectivity index (χ3n) is 4.04. The quantitative estimate of drug-likeness (QED) is 0.650. The van der Waals surface area contributed by atoms with Gasteiger partial charge in [-0.3, -0.25) is 4.79 Å². The molecule has 6 heteroatoms. The van der Waals surface area contributed by atoms with E-state index >= 15 is 0 Å². The van der Waals surface area contributed by atoms with Crippen molar-refractivity contribution in [3.05, 3.63) is 80.2 Å². The van der Waals surface area contributed by atoms with Crippen LogP contribution in [0.1, 0.15) is 16.8 Å². The Morgan fingerprint density at radius 1 is 1.15 bits per heavy atom. The summed E-state index contributed by atoms with van der Waals surface area (Å²) < 4.78 is 12.1. The van der Waals surface area contributed by atoms with Crippen molar-refractivity contribution in [2.75, 3.05) is 7.11 Å². The zero-order valence-corrected chi connectivity index (χ0v) is 16.5. The van der Waals surface area contributed by atoms with Crippen molar-refractivity contribution in [1.29, 1.82) is 5.26 Å². The van der Waals surface area contributed by atoms with E-state index in [9.17, 15) is 10.1 Å². The number of pyridine rings is 1. The number of aromatic nitrogens is 1. The third-order valence-corrected chi connectivity index (χ3v) is 4.53. The standard InChI is InChI=1S/C21H17BrN2O3/c1-13-8-17(19(11-23)21(25)24-13)18-10-15(22)6-7-20(18)27-12-14-4-3-5-16(9-14)26-2/h3-10H,12H2,1-2H3,(H,24,25). The highest BCUT2D eigenvalue weighted by Crippen LogP contribution is 2.34. The maximum atomic E-state index is 12.2. The maximum absolute atomic E-state index is 12.2. The number of ether oxygens (including phenoxy) is 2. The molecular weight excluding hydrogens is 408 g/mol. The largest absolute Gasteiger partial charge is 0.497 e. The lowest BCUT2D eigenvalue weighted by Gasteiger charge is -2.14. The molecule has 27 heavy (non-hydrogen) atoms. The molecule has 0 atom stereocenters. The van der Waals surface area contributed by atoms with E-state index in [4.69, 9.17) is 9.47 Å². The van der Waals surface area contributed by atoms with Gasteiger partial charge >= 0.3 is 0 Å². The van der Waals surface area contributed by atoms with Crippen LogP contribution in [0.25, 0.3) is 11.1 Å². The van der Waals surface area contributed by atoms with Gasteiger partial charge in [0.25, 0.3) is 5.56 Å². The Labute approximate surface area is 165 Å². The summed E-state index contributed by atoms with van der Waals surface area (Å²) in [6.07, 6.45) is 0. The van der Waals surface area contributed by atoms with E-state index in [1.54, 1.807) is 20.1 Å². The molecule has 3 rings (SSSR count). The average Bonchev–Trinajstić information content (AvgIpc) is 2.66. The molecule has 0 unspecified atom stereocenters. The highest BCUT2D eigenvalue weighted by Gasteiger charge is 2.15. The van der Waals surface area contributed by atoms with Crippen LogP contribution in [0.3, 0.4) is 0 Å². The Morgan fingerprint density at radius 2 is 1.96 bits per heavy atom. The van der Waals surface area contributed by atoms with E-state index < -0.39 is 5.56 Å². The Morgan fingerprint density at radius 3 is 2.70 bits per heavy atom. The summed E-state index contributed by atoms with van der Waals surface area (Å²) >= 11 is 3.45. The van der Waals surface area contributed by atoms with Gasteiger partial charge in [-0.2, -0.15) is 5.26 Å². The molecule has 5 nitrogen and oxygen atoms in total. The maximum Gasteiger partial charge on any atom is 0.266 e. The fourth-order valence-electron chi connectivity index (χ4n) is 2.77. The molecule has 0 amide bonds. The first kappa shape index (κ1) is 18.7. The fourth-order valence-corrected chi connectivity index (χ4v) is 3.14. The fraction of sp³-hybridized carbons (Fsp3) is 0.143. The van der Waals surface area contributed by atoms with Crippen molar-refractivity contribution in [3.63, 3.8) is 0 Å². The van der Waals surface area contributed by atoms with Crippen LogP contribution in [0.2, 0.25) is 0 Å². The Bertz CT molecular complexity index is 1080. The summed E-state index contributed by atoms with van der Waals surface area (Å²) in [5.74, 6) is 1.34. The molecule has 1 heterocycles. The number of H-pyrrole nitrogens is 1. The van der Waals surface area contributed by atoms with Gasteiger partial charge in [-0.05, 0) is 48.9 Å². The van der Waals surface area contributed by atoms with Crippen molar-refractivity contribution >= 4 is 15.9 Å². The van der Waals surface area contributed by atoms with Gasteiger partial charge in [-0.15, -0.1) is 0 Å². The minimum Gasteiger partial charge on any atom is -0.497 e. The van der Waals surface area contributed by atoms with E-state index in [0.29, 0.717) is 29.2 Å². The van der Waals surface area contributed by atoms with Crippen LogP contribution in [0.15, 0.2) is 57.8 Å². The zero-order valence-electron chi connectivity index (χ0n) is 14.9. The van der Waals surface area contributed by atoms with Crippen LogP contribution in [-0.4, -0.2) is 12.1 Å². The number of methoxy groups -OCH3 is 1. The highest BCUT2D eigenvalue weighted by molar-refractivity contribution is 9.10. The number of nitriles is 1. The van der Waals surface area contributed by atoms with Crippen LogP contribution < -0.4 is 15.0 Å². The molecule has 0 saturated heterocycles. The normalized spacial score (nSPS) is 10.3. The SMILES string of the molecule is COc1cccc(COc2ccc(Br)cc2-c2cc(C)[nH]c(=O)c2C#N)c1. The number of halogens is 1. The zero-order chi connectivity index (χ0) is 19.4. The predicted molar refractivity (Wildman–Crippen MR) is 107 cm³/mol. The predicted octanol–water partition coefficient (Wildman–Crippen LogP) is 4.57. The molecule has 0 aliphatic rings. The van der Waals surface area contributed by atoms with Crippen molar-refractivity contribution < 1.29 is 9.47 Å². The summed E-state index contributed by atoms with van der Waals surface area (Å²) in [4.78, 5) is 14.8. The Balaban J connectivity index is 2.02. The number of aromatic amines is 1. The second kappa shape index (κ2) is 8.11. The first-order valence-corrected chi connectivity index (χ1v) is 9.01. The number of rotatable bonds is 5. The van der Waals surface area contributed by atoms with Crippen molar-refractivity contribution in [2.24, 2.45) is 0 Å². The van der Waals surface area contributed by atoms with Gasteiger partial charge in [0.1, 0.15) is 29.7 Å². The van der Waals surface area contributed by atoms with Gasteiger partial charge < -0.3 is 14.5 Å². The summed E-state index contributed by atoms with van der Waals surface area (Å²) in [5.41, 5.74) is 2.49. The number of aryl methyl sites for hydroxylation is 1. The lowest BCUT2D eigenvalue weighted by atomic mass is 10.00. The number of benzene rings is 2. The molecule has 0 aliphatic heterocycles. The summed E-state index contributed by atoms with van der Waals surface area (Å²) in [6.45, 7) is 2.11. The van der Waals surface area contributed by atoms with Crippen LogP contribution in [0.4, 0.5) is 0 Å². The number of nitrogens with zero attached hydrogens (tertiary/aromatic N) is 1. The van der Waals surface area contributed by atoms with E-state index in [-0.39, 0.29) is 5.56 Å². The summed E-state index contributed by atoms with van der Waals surface area (Å²) in [6, 6.07) is 16.9. The number of hydrogen-bond donors (Lipinski definition) is 1. The molecule has 0 bridgehead atoms. The number of hydrogen-bond acceptors (Lipinski definition) is 4. The van der Waals surface area contributed by atoms with Gasteiger partial charge in [-0.1, -0.05) is 28.1 Å². The third kappa shape index (κ3) is 4.21. The van der Waals surface area contributed by atoms with Gasteiger partial charge in [0.2, 0.25) is 0 Å². The molecule has 136 valence electrons. The first-order valence-electron chi connectivity index (χ1n) is 8.21. The van der Waals surface area contributed by atoms with Crippen LogP contribution in [0, 0.1) is 18.3 Å². The smallest absolute Gasteiger partial charge is 0.266 e. The van der Waals surface area contributed by atoms with Gasteiger partial charge in [0, 0.05) is 21.3 Å². The second-order valence-electron chi connectivity index (χ2n) is 5.96. The molecule has 2 aromatic carbocycles. The first-order chi connectivity index (χ1) is 13.0. The van der Waals surface area contributed by atoms with Crippen molar-refractivity contribution in [3.8, 4) is 28.7 Å². The Hall–Kier alpha value is -3.04. The van der Waals surface area contributed by atoms with E-state index in [1.165, 1.54) is 0 Å². The van der Waals surface area contributed by atoms with Crippen LogP contribution in [0.5, 0.6) is 11.5 Å². The lowest BCUT2D eigenvalue weighted by Crippen LogP contribution is -2.13. The van der Waals surface area contributed by atoms with Crippen molar-refractivity contribution in [2.45, 2.75) is 13.5 Å². The van der Waals surface area contributed by atoms with Gasteiger partial charge in [0.15, 0.2) is 0 Å². The van der Waals surface area contributed by atoms with Crippen LogP contribution >= 0.6 is 15.9 Å². The molecular formula is C21H17BrN2O3. The minimum absolute atomic E-state index is 0.0601. The van der Waals surface area contributed by atoms with Gasteiger partial charge in [-0.25, -0.2) is 0 Å². The highest BCUT2D eigenvalue weighted by atomic mass is 79.9.